The molecular formula is C15H21N5O. The fourth-order valence-electron chi connectivity index (χ4n) is 2.58. The van der Waals surface area contributed by atoms with Crippen molar-refractivity contribution in [3.05, 3.63) is 36.2 Å². The lowest BCUT2D eigenvalue weighted by molar-refractivity contribution is 0.0115. The number of ether oxygens (including phenoxy) is 1. The highest BCUT2D eigenvalue weighted by atomic mass is 16.5. The Bertz CT molecular complexity index is 536. The summed E-state index contributed by atoms with van der Waals surface area (Å²) in [5.41, 5.74) is 0.981. The Kier molecular flexibility index (Phi) is 4.91. The second kappa shape index (κ2) is 7.28. The van der Waals surface area contributed by atoms with Crippen LogP contribution in [0.25, 0.3) is 5.69 Å². The number of nitrogens with zero attached hydrogens (tertiary/aromatic N) is 4. The number of aromatic nitrogens is 4. The number of para-hydroxylation sites is 1. The lowest BCUT2D eigenvalue weighted by Gasteiger charge is -2.22. The molecule has 1 aliphatic heterocycles. The van der Waals surface area contributed by atoms with Gasteiger partial charge in [-0.2, -0.15) is 4.68 Å². The van der Waals surface area contributed by atoms with Crippen molar-refractivity contribution in [1.29, 1.82) is 0 Å². The molecule has 0 radical (unpaired) electrons. The normalized spacial score (nSPS) is 18.8. The van der Waals surface area contributed by atoms with Crippen molar-refractivity contribution >= 4 is 0 Å². The van der Waals surface area contributed by atoms with Crippen LogP contribution in [0.15, 0.2) is 30.3 Å². The van der Waals surface area contributed by atoms with Gasteiger partial charge in [0, 0.05) is 6.61 Å². The molecule has 1 fully saturated rings. The Morgan fingerprint density at radius 2 is 2.14 bits per heavy atom. The molecule has 6 heteroatoms. The zero-order valence-electron chi connectivity index (χ0n) is 12.1. The maximum absolute atomic E-state index is 5.72. The van der Waals surface area contributed by atoms with E-state index in [4.69, 9.17) is 4.74 Å². The summed E-state index contributed by atoms with van der Waals surface area (Å²) in [5, 5.41) is 15.3. The number of benzene rings is 1. The van der Waals surface area contributed by atoms with E-state index in [0.29, 0.717) is 12.6 Å². The molecule has 2 heterocycles. The Balaban J connectivity index is 1.49. The molecule has 0 saturated carbocycles. The molecule has 21 heavy (non-hydrogen) atoms. The van der Waals surface area contributed by atoms with E-state index in [1.807, 2.05) is 30.3 Å². The van der Waals surface area contributed by atoms with Gasteiger partial charge in [0.1, 0.15) is 0 Å². The topological polar surface area (TPSA) is 64.9 Å². The van der Waals surface area contributed by atoms with E-state index in [1.165, 1.54) is 19.3 Å². The van der Waals surface area contributed by atoms with Crippen molar-refractivity contribution in [2.75, 3.05) is 13.2 Å². The fourth-order valence-corrected chi connectivity index (χ4v) is 2.58. The van der Waals surface area contributed by atoms with Gasteiger partial charge in [-0.15, -0.1) is 5.10 Å². The minimum absolute atomic E-state index is 0.413. The molecular weight excluding hydrogens is 266 g/mol. The van der Waals surface area contributed by atoms with Gasteiger partial charge in [0.25, 0.3) is 0 Å². The highest BCUT2D eigenvalue weighted by molar-refractivity contribution is 5.30. The van der Waals surface area contributed by atoms with E-state index in [0.717, 1.165) is 31.1 Å². The van der Waals surface area contributed by atoms with Crippen molar-refractivity contribution < 1.29 is 4.74 Å². The Morgan fingerprint density at radius 3 is 2.95 bits per heavy atom. The van der Waals surface area contributed by atoms with E-state index in [9.17, 15) is 0 Å². The Labute approximate surface area is 124 Å². The van der Waals surface area contributed by atoms with Gasteiger partial charge < -0.3 is 10.1 Å². The van der Waals surface area contributed by atoms with Crippen LogP contribution in [0.1, 0.15) is 31.5 Å². The molecule has 1 N–H and O–H groups in total. The first-order valence-electron chi connectivity index (χ1n) is 7.58. The van der Waals surface area contributed by atoms with Gasteiger partial charge in [-0.3, -0.25) is 0 Å². The van der Waals surface area contributed by atoms with E-state index >= 15 is 0 Å². The summed E-state index contributed by atoms with van der Waals surface area (Å²) in [7, 11) is 0. The largest absolute Gasteiger partial charge is 0.378 e. The average molecular weight is 287 g/mol. The van der Waals surface area contributed by atoms with Gasteiger partial charge in [0.2, 0.25) is 0 Å². The van der Waals surface area contributed by atoms with Crippen molar-refractivity contribution in [2.45, 2.75) is 38.3 Å². The van der Waals surface area contributed by atoms with Gasteiger partial charge in [-0.25, -0.2) is 0 Å². The highest BCUT2D eigenvalue weighted by Gasteiger charge is 2.13. The molecule has 3 rings (SSSR count). The van der Waals surface area contributed by atoms with Crippen LogP contribution in [-0.2, 0) is 11.3 Å². The van der Waals surface area contributed by atoms with Crippen molar-refractivity contribution in [3.63, 3.8) is 0 Å². The summed E-state index contributed by atoms with van der Waals surface area (Å²) in [4.78, 5) is 0. The molecule has 6 nitrogen and oxygen atoms in total. The first kappa shape index (κ1) is 14.2. The highest BCUT2D eigenvalue weighted by Crippen LogP contribution is 2.15. The average Bonchev–Trinajstić information content (AvgIpc) is 3.02. The zero-order valence-corrected chi connectivity index (χ0v) is 12.1. The quantitative estimate of drug-likeness (QED) is 0.819. The Hall–Kier alpha value is -1.79. The van der Waals surface area contributed by atoms with Crippen LogP contribution in [-0.4, -0.2) is 39.5 Å². The van der Waals surface area contributed by atoms with Crippen LogP contribution in [0, 0.1) is 0 Å². The lowest BCUT2D eigenvalue weighted by atomic mass is 10.1. The molecule has 1 unspecified atom stereocenters. The number of nitrogens with one attached hydrogen (secondary N) is 1. The van der Waals surface area contributed by atoms with Gasteiger partial charge in [0.15, 0.2) is 5.82 Å². The summed E-state index contributed by atoms with van der Waals surface area (Å²) in [6, 6.07) is 9.94. The van der Waals surface area contributed by atoms with Crippen LogP contribution in [0.4, 0.5) is 0 Å². The van der Waals surface area contributed by atoms with Crippen molar-refractivity contribution in [2.24, 2.45) is 0 Å². The smallest absolute Gasteiger partial charge is 0.170 e. The summed E-state index contributed by atoms with van der Waals surface area (Å²) in [6.07, 6.45) is 5.14. The SMILES string of the molecule is c1ccc(-n2nnnc2CNCCC2CCCCO2)cc1. The van der Waals surface area contributed by atoms with Crippen LogP contribution in [0.2, 0.25) is 0 Å². The summed E-state index contributed by atoms with van der Waals surface area (Å²) >= 11 is 0. The minimum atomic E-state index is 0.413. The first-order chi connectivity index (χ1) is 10.4. The van der Waals surface area contributed by atoms with E-state index < -0.39 is 0 Å². The molecule has 0 bridgehead atoms. The molecule has 2 aromatic rings. The molecule has 0 spiro atoms. The van der Waals surface area contributed by atoms with Crippen LogP contribution in [0.5, 0.6) is 0 Å². The second-order valence-corrected chi connectivity index (χ2v) is 5.30. The maximum Gasteiger partial charge on any atom is 0.170 e. The third-order valence-corrected chi connectivity index (χ3v) is 3.74. The maximum atomic E-state index is 5.72. The predicted molar refractivity (Wildman–Crippen MR) is 79.1 cm³/mol. The fraction of sp³-hybridized carbons (Fsp3) is 0.533. The standard InChI is InChI=1S/C15H21N5O/c1-2-6-13(7-3-1)20-15(17-18-19-20)12-16-10-9-14-8-4-5-11-21-14/h1-3,6-7,14,16H,4-5,8-12H2. The van der Waals surface area contributed by atoms with Crippen molar-refractivity contribution in [1.82, 2.24) is 25.5 Å². The number of rotatable bonds is 6. The number of hydrogen-bond donors (Lipinski definition) is 1. The summed E-state index contributed by atoms with van der Waals surface area (Å²) < 4.78 is 7.49. The first-order valence-corrected chi connectivity index (χ1v) is 7.58. The molecule has 112 valence electrons. The van der Waals surface area contributed by atoms with E-state index in [2.05, 4.69) is 20.8 Å². The minimum Gasteiger partial charge on any atom is -0.378 e. The van der Waals surface area contributed by atoms with Gasteiger partial charge in [-0.05, 0) is 54.8 Å². The van der Waals surface area contributed by atoms with Crippen LogP contribution < -0.4 is 5.32 Å². The van der Waals surface area contributed by atoms with Gasteiger partial charge >= 0.3 is 0 Å². The molecule has 0 aliphatic carbocycles. The third-order valence-electron chi connectivity index (χ3n) is 3.74. The molecule has 1 atom stereocenters. The molecule has 1 aromatic carbocycles. The second-order valence-electron chi connectivity index (χ2n) is 5.30. The monoisotopic (exact) mass is 287 g/mol. The number of tetrazole rings is 1. The molecule has 0 amide bonds. The lowest BCUT2D eigenvalue weighted by Crippen LogP contribution is -2.26. The summed E-state index contributed by atoms with van der Waals surface area (Å²) in [6.45, 7) is 2.50. The van der Waals surface area contributed by atoms with Crippen LogP contribution in [0.3, 0.4) is 0 Å². The molecule has 1 saturated heterocycles. The van der Waals surface area contributed by atoms with E-state index in [-0.39, 0.29) is 0 Å². The van der Waals surface area contributed by atoms with E-state index in [1.54, 1.807) is 4.68 Å². The van der Waals surface area contributed by atoms with Gasteiger partial charge in [-0.1, -0.05) is 18.2 Å². The third kappa shape index (κ3) is 3.86. The summed E-state index contributed by atoms with van der Waals surface area (Å²) in [5.74, 6) is 0.825. The number of hydrogen-bond acceptors (Lipinski definition) is 5. The zero-order chi connectivity index (χ0) is 14.3. The van der Waals surface area contributed by atoms with Crippen LogP contribution >= 0.6 is 0 Å². The predicted octanol–water partition coefficient (Wildman–Crippen LogP) is 1.71. The molecule has 1 aromatic heterocycles. The Morgan fingerprint density at radius 1 is 1.24 bits per heavy atom. The van der Waals surface area contributed by atoms with Crippen molar-refractivity contribution in [3.8, 4) is 5.69 Å². The molecule has 1 aliphatic rings. The van der Waals surface area contributed by atoms with Gasteiger partial charge in [0.05, 0.1) is 18.3 Å².